The zero-order valence-corrected chi connectivity index (χ0v) is 9.68. The number of nitrogens with zero attached hydrogens (tertiary/aromatic N) is 1. The molecule has 1 aromatic rings. The summed E-state index contributed by atoms with van der Waals surface area (Å²) in [4.78, 5) is 13.4. The lowest BCUT2D eigenvalue weighted by atomic mass is 9.79. The van der Waals surface area contributed by atoms with Crippen molar-refractivity contribution in [1.29, 1.82) is 0 Å². The Labute approximate surface area is 95.7 Å². The second kappa shape index (κ2) is 4.26. The Balaban J connectivity index is 2.43. The van der Waals surface area contributed by atoms with E-state index in [1.807, 2.05) is 43.3 Å². The minimum absolute atomic E-state index is 0.104. The van der Waals surface area contributed by atoms with Crippen LogP contribution in [0.1, 0.15) is 23.5 Å². The first-order chi connectivity index (χ1) is 7.61. The summed E-state index contributed by atoms with van der Waals surface area (Å²) < 4.78 is 0. The molecule has 1 N–H and O–H groups in total. The highest BCUT2D eigenvalue weighted by atomic mass is 16.4. The molecular weight excluding hydrogens is 202 g/mol. The molecule has 0 saturated carbocycles. The number of carboxylic acids is 1. The third-order valence-electron chi connectivity index (χ3n) is 3.41. The Morgan fingerprint density at radius 1 is 1.38 bits per heavy atom. The minimum atomic E-state index is -0.717. The van der Waals surface area contributed by atoms with Crippen molar-refractivity contribution < 1.29 is 9.90 Å². The number of rotatable bonds is 2. The first-order valence-electron chi connectivity index (χ1n) is 5.58. The maximum Gasteiger partial charge on any atom is 0.312 e. The molecule has 0 radical (unpaired) electrons. The number of aryl methyl sites for hydroxylation is 1. The summed E-state index contributed by atoms with van der Waals surface area (Å²) in [6.45, 7) is 0. The van der Waals surface area contributed by atoms with E-state index in [0.717, 1.165) is 18.4 Å². The van der Waals surface area contributed by atoms with Crippen LogP contribution >= 0.6 is 0 Å². The van der Waals surface area contributed by atoms with E-state index >= 15 is 0 Å². The summed E-state index contributed by atoms with van der Waals surface area (Å²) in [6.07, 6.45) is 1.89. The molecule has 2 atom stereocenters. The van der Waals surface area contributed by atoms with E-state index in [2.05, 4.69) is 0 Å². The number of benzene rings is 1. The Kier molecular flexibility index (Phi) is 2.97. The van der Waals surface area contributed by atoms with Gasteiger partial charge in [-0.3, -0.25) is 4.79 Å². The summed E-state index contributed by atoms with van der Waals surface area (Å²) in [5.41, 5.74) is 2.17. The van der Waals surface area contributed by atoms with Crippen molar-refractivity contribution in [1.82, 2.24) is 4.90 Å². The molecule has 86 valence electrons. The van der Waals surface area contributed by atoms with Gasteiger partial charge in [-0.2, -0.15) is 0 Å². The molecule has 1 aliphatic rings. The summed E-state index contributed by atoms with van der Waals surface area (Å²) in [5.74, 6) is -1.11. The molecule has 2 rings (SSSR count). The summed E-state index contributed by atoms with van der Waals surface area (Å²) in [7, 11) is 3.91. The Hall–Kier alpha value is -1.35. The molecular formula is C13H17NO2. The highest BCUT2D eigenvalue weighted by Crippen LogP contribution is 2.33. The van der Waals surface area contributed by atoms with Gasteiger partial charge in [-0.15, -0.1) is 0 Å². The van der Waals surface area contributed by atoms with Crippen LogP contribution in [-0.4, -0.2) is 36.1 Å². The number of aliphatic carboxylic acids is 1. The standard InChI is InChI=1S/C13H17NO2/c1-14(2)11-8-7-9-5-3-4-6-10(9)12(11)13(15)16/h3-6,11-12H,7-8H2,1-2H3,(H,15,16). The highest BCUT2D eigenvalue weighted by molar-refractivity contribution is 5.78. The Bertz CT molecular complexity index is 401. The lowest BCUT2D eigenvalue weighted by Crippen LogP contribution is -2.41. The molecule has 2 unspecified atom stereocenters. The number of likely N-dealkylation sites (N-methyl/N-ethyl adjacent to an activating group) is 1. The minimum Gasteiger partial charge on any atom is -0.481 e. The Morgan fingerprint density at radius 2 is 2.06 bits per heavy atom. The molecule has 0 spiro atoms. The van der Waals surface area contributed by atoms with Crippen molar-refractivity contribution in [2.24, 2.45) is 0 Å². The molecule has 0 aromatic heterocycles. The van der Waals surface area contributed by atoms with Gasteiger partial charge in [0.25, 0.3) is 0 Å². The molecule has 1 aromatic carbocycles. The van der Waals surface area contributed by atoms with Gasteiger partial charge in [0.15, 0.2) is 0 Å². The molecule has 3 heteroatoms. The first kappa shape index (κ1) is 11.1. The third kappa shape index (κ3) is 1.83. The second-order valence-corrected chi connectivity index (χ2v) is 4.58. The van der Waals surface area contributed by atoms with Gasteiger partial charge in [0.1, 0.15) is 0 Å². The van der Waals surface area contributed by atoms with Gasteiger partial charge in [0.2, 0.25) is 0 Å². The van der Waals surface area contributed by atoms with E-state index in [1.165, 1.54) is 5.56 Å². The van der Waals surface area contributed by atoms with Crippen molar-refractivity contribution in [3.63, 3.8) is 0 Å². The Morgan fingerprint density at radius 3 is 2.69 bits per heavy atom. The smallest absolute Gasteiger partial charge is 0.312 e. The van der Waals surface area contributed by atoms with Crippen LogP contribution in [0.15, 0.2) is 24.3 Å². The van der Waals surface area contributed by atoms with Crippen LogP contribution < -0.4 is 0 Å². The molecule has 3 nitrogen and oxygen atoms in total. The van der Waals surface area contributed by atoms with E-state index in [9.17, 15) is 9.90 Å². The first-order valence-corrected chi connectivity index (χ1v) is 5.58. The molecule has 0 aliphatic heterocycles. The van der Waals surface area contributed by atoms with Crippen LogP contribution in [0.4, 0.5) is 0 Å². The molecule has 0 bridgehead atoms. The van der Waals surface area contributed by atoms with Crippen LogP contribution in [0.3, 0.4) is 0 Å². The van der Waals surface area contributed by atoms with E-state index in [4.69, 9.17) is 0 Å². The molecule has 0 fully saturated rings. The monoisotopic (exact) mass is 219 g/mol. The average molecular weight is 219 g/mol. The van der Waals surface area contributed by atoms with Crippen LogP contribution in [-0.2, 0) is 11.2 Å². The van der Waals surface area contributed by atoms with Gasteiger partial charge in [0, 0.05) is 6.04 Å². The van der Waals surface area contributed by atoms with E-state index in [1.54, 1.807) is 0 Å². The fourth-order valence-electron chi connectivity index (χ4n) is 2.60. The summed E-state index contributed by atoms with van der Waals surface area (Å²) in [5, 5.41) is 9.38. The van der Waals surface area contributed by atoms with Crippen LogP contribution in [0.5, 0.6) is 0 Å². The van der Waals surface area contributed by atoms with Crippen molar-refractivity contribution in [2.75, 3.05) is 14.1 Å². The zero-order valence-electron chi connectivity index (χ0n) is 9.68. The molecule has 0 saturated heterocycles. The molecule has 16 heavy (non-hydrogen) atoms. The number of hydrogen-bond acceptors (Lipinski definition) is 2. The normalized spacial score (nSPS) is 24.2. The average Bonchev–Trinajstić information content (AvgIpc) is 2.27. The SMILES string of the molecule is CN(C)C1CCc2ccccc2C1C(=O)O. The van der Waals surface area contributed by atoms with Gasteiger partial charge in [-0.05, 0) is 38.1 Å². The van der Waals surface area contributed by atoms with Crippen LogP contribution in [0.25, 0.3) is 0 Å². The van der Waals surface area contributed by atoms with Crippen molar-refractivity contribution in [2.45, 2.75) is 24.8 Å². The van der Waals surface area contributed by atoms with Crippen LogP contribution in [0.2, 0.25) is 0 Å². The predicted molar refractivity (Wildman–Crippen MR) is 62.6 cm³/mol. The predicted octanol–water partition coefficient (Wildman–Crippen LogP) is 1.73. The molecule has 0 heterocycles. The lowest BCUT2D eigenvalue weighted by Gasteiger charge is -2.35. The molecule has 0 amide bonds. The van der Waals surface area contributed by atoms with Crippen molar-refractivity contribution >= 4 is 5.97 Å². The van der Waals surface area contributed by atoms with E-state index in [0.29, 0.717) is 0 Å². The van der Waals surface area contributed by atoms with Gasteiger partial charge in [-0.1, -0.05) is 24.3 Å². The topological polar surface area (TPSA) is 40.5 Å². The third-order valence-corrected chi connectivity index (χ3v) is 3.41. The fraction of sp³-hybridized carbons (Fsp3) is 0.462. The quantitative estimate of drug-likeness (QED) is 0.823. The van der Waals surface area contributed by atoms with Gasteiger partial charge >= 0.3 is 5.97 Å². The van der Waals surface area contributed by atoms with Gasteiger partial charge in [-0.25, -0.2) is 0 Å². The lowest BCUT2D eigenvalue weighted by molar-refractivity contribution is -0.140. The second-order valence-electron chi connectivity index (χ2n) is 4.58. The van der Waals surface area contributed by atoms with Crippen molar-refractivity contribution in [3.8, 4) is 0 Å². The summed E-state index contributed by atoms with van der Waals surface area (Å²) in [6, 6.07) is 7.99. The van der Waals surface area contributed by atoms with Crippen LogP contribution in [0, 0.1) is 0 Å². The highest BCUT2D eigenvalue weighted by Gasteiger charge is 2.35. The maximum absolute atomic E-state index is 11.4. The summed E-state index contributed by atoms with van der Waals surface area (Å²) >= 11 is 0. The van der Waals surface area contributed by atoms with Crippen molar-refractivity contribution in [3.05, 3.63) is 35.4 Å². The van der Waals surface area contributed by atoms with Gasteiger partial charge in [0.05, 0.1) is 5.92 Å². The van der Waals surface area contributed by atoms with E-state index < -0.39 is 5.97 Å². The van der Waals surface area contributed by atoms with Gasteiger partial charge < -0.3 is 10.0 Å². The maximum atomic E-state index is 11.4. The molecule has 1 aliphatic carbocycles. The number of carboxylic acid groups (broad SMARTS) is 1. The largest absolute Gasteiger partial charge is 0.481 e. The number of carbonyl (C=O) groups is 1. The fourth-order valence-corrected chi connectivity index (χ4v) is 2.60. The number of fused-ring (bicyclic) bond motifs is 1. The van der Waals surface area contributed by atoms with E-state index in [-0.39, 0.29) is 12.0 Å². The zero-order chi connectivity index (χ0) is 11.7. The number of hydrogen-bond donors (Lipinski definition) is 1.